The number of thiazole rings is 2. The predicted molar refractivity (Wildman–Crippen MR) is 434 cm³/mol. The molecular weight excluding hydrogens is 1570 g/mol. The number of rotatable bonds is 24. The number of hydrogen-bond donors (Lipinski definition) is 5. The highest BCUT2D eigenvalue weighted by atomic mass is 32.1. The van der Waals surface area contributed by atoms with Crippen LogP contribution in [0, 0.1) is 48.1 Å². The number of amides is 4. The van der Waals surface area contributed by atoms with E-state index < -0.39 is 129 Å². The minimum Gasteiger partial charge on any atom is -0.496 e. The summed E-state index contributed by atoms with van der Waals surface area (Å²) < 4.78 is 141. The van der Waals surface area contributed by atoms with Crippen molar-refractivity contribution in [2.75, 3.05) is 45.1 Å². The number of aryl methyl sites for hydroxylation is 2. The number of anilines is 2. The standard InChI is InChI=1S/C42H49F4N5O6S.C41H47F4N5O6S.2CH4/c1-10-23-18-41(23,39(54)56-9)50-36(52)31-16-27(19-51(31)38(53)35(40(5,6)7)47-26-14-24(42(44,45)46)13-25(43)15-26)57-33-17-29(37-49-30(20-58-37)21(2)3)48-34-22(4)32(55-8)12-11-28(33)34;1-9-22-17-40(22,38(53)54)49-35(51)30-15-26(18-50(30)37(52)34(39(5,6)7)46-25-13-23(41(43,44)45)12-24(42)14-25)56-32-16-28(36-48-29(19-57-36)20(2)3)47-33-21(4)31(55-8)11-10-27(32)33;;/h11-15,17,20-21,23,27,31,35,47H,10,16,18-19H2,1-9H3,(H,50,52);10-14,16,19-20,22,26,30,34,46H,9,15,17-18H2,1-8H3,(H,49,51)(H,53,54);2*1H4/t23-,27-,31+,35-,41-;22-,26-,30+,34-,40-;;/m11../s1. The number of alkyl halides is 6. The fourth-order valence-corrected chi connectivity index (χ4v) is 16.9. The van der Waals surface area contributed by atoms with Gasteiger partial charge in [0.15, 0.2) is 0 Å². The van der Waals surface area contributed by atoms with E-state index >= 15 is 0 Å². The number of nitrogens with one attached hydrogen (secondary N) is 4. The van der Waals surface area contributed by atoms with Crippen LogP contribution >= 0.6 is 22.7 Å². The second-order valence-electron chi connectivity index (χ2n) is 32.7. The van der Waals surface area contributed by atoms with Crippen molar-refractivity contribution in [2.24, 2.45) is 22.7 Å². The molecule has 117 heavy (non-hydrogen) atoms. The average Bonchev–Trinajstić information content (AvgIpc) is 1.60. The maximum absolute atomic E-state index is 14.8. The van der Waals surface area contributed by atoms with Crippen LogP contribution in [-0.4, -0.2) is 152 Å². The third-order valence-electron chi connectivity index (χ3n) is 21.8. The summed E-state index contributed by atoms with van der Waals surface area (Å²) in [4.78, 5) is 106. The molecule has 4 aromatic carbocycles. The Morgan fingerprint density at radius 2 is 0.932 bits per heavy atom. The lowest BCUT2D eigenvalue weighted by molar-refractivity contribution is -0.148. The first-order chi connectivity index (χ1) is 53.9. The Balaban J connectivity index is 0.000000263. The number of carbonyl (C=O) groups excluding carboxylic acids is 5. The molecule has 4 amide bonds. The molecule has 634 valence electrons. The second kappa shape index (κ2) is 34.9. The Labute approximate surface area is 683 Å². The lowest BCUT2D eigenvalue weighted by Crippen LogP contribution is -2.57. The van der Waals surface area contributed by atoms with Gasteiger partial charge in [0.05, 0.1) is 68.0 Å². The lowest BCUT2D eigenvalue weighted by atomic mass is 9.85. The molecule has 10 atom stereocenters. The quantitative estimate of drug-likeness (QED) is 0.0278. The molecule has 2 saturated carbocycles. The van der Waals surface area contributed by atoms with Gasteiger partial charge in [0.2, 0.25) is 23.6 Å². The van der Waals surface area contributed by atoms with Crippen LogP contribution in [0.1, 0.15) is 182 Å². The van der Waals surface area contributed by atoms with Crippen molar-refractivity contribution in [3.63, 3.8) is 0 Å². The molecule has 12 rings (SSSR count). The number of methoxy groups -OCH3 is 3. The van der Waals surface area contributed by atoms with Crippen LogP contribution in [0.15, 0.2) is 83.6 Å². The summed E-state index contributed by atoms with van der Waals surface area (Å²) in [6.07, 6.45) is -9.61. The number of aliphatic carboxylic acids is 1. The van der Waals surface area contributed by atoms with Crippen LogP contribution < -0.4 is 40.2 Å². The first-order valence-corrected chi connectivity index (χ1v) is 39.7. The van der Waals surface area contributed by atoms with Crippen LogP contribution in [0.25, 0.3) is 43.2 Å². The van der Waals surface area contributed by atoms with Crippen molar-refractivity contribution < 1.29 is 92.7 Å². The number of esters is 1. The number of fused-ring (bicyclic) bond motifs is 2. The number of carbonyl (C=O) groups is 6. The van der Waals surface area contributed by atoms with E-state index in [1.807, 2.05) is 72.2 Å². The van der Waals surface area contributed by atoms with Crippen molar-refractivity contribution in [3.05, 3.63) is 129 Å². The molecule has 6 heterocycles. The van der Waals surface area contributed by atoms with Crippen molar-refractivity contribution in [1.29, 1.82) is 0 Å². The Kier molecular flexibility index (Phi) is 27.1. The van der Waals surface area contributed by atoms with Gasteiger partial charge in [0, 0.05) is 69.0 Å². The van der Waals surface area contributed by atoms with Crippen LogP contribution in [0.3, 0.4) is 0 Å². The first kappa shape index (κ1) is 90.9. The van der Waals surface area contributed by atoms with E-state index in [0.717, 1.165) is 46.8 Å². The molecule has 8 aromatic rings. The Morgan fingerprint density at radius 3 is 1.25 bits per heavy atom. The van der Waals surface area contributed by atoms with E-state index in [0.29, 0.717) is 97.6 Å². The van der Waals surface area contributed by atoms with Gasteiger partial charge in [-0.25, -0.2) is 38.3 Å². The van der Waals surface area contributed by atoms with Gasteiger partial charge in [-0.1, -0.05) is 111 Å². The number of pyridine rings is 2. The minimum absolute atomic E-state index is 0. The van der Waals surface area contributed by atoms with Crippen molar-refractivity contribution in [3.8, 4) is 44.4 Å². The van der Waals surface area contributed by atoms with Crippen LogP contribution in [0.2, 0.25) is 0 Å². The van der Waals surface area contributed by atoms with E-state index in [9.17, 15) is 69.0 Å². The predicted octanol–water partition coefficient (Wildman–Crippen LogP) is 17.8. The highest BCUT2D eigenvalue weighted by molar-refractivity contribution is 7.13. The third kappa shape index (κ3) is 19.3. The number of nitrogens with zero attached hydrogens (tertiary/aromatic N) is 6. The summed E-state index contributed by atoms with van der Waals surface area (Å²) in [5.41, 5.74) is -2.04. The molecule has 4 fully saturated rings. The normalized spacial score (nSPS) is 20.9. The molecule has 4 aliphatic rings. The molecule has 22 nitrogen and oxygen atoms in total. The smallest absolute Gasteiger partial charge is 0.416 e. The summed E-state index contributed by atoms with van der Waals surface area (Å²) in [6.45, 7) is 25.6. The monoisotopic (exact) mass is 1670 g/mol. The van der Waals surface area contributed by atoms with E-state index in [-0.39, 0.29) is 82.3 Å². The summed E-state index contributed by atoms with van der Waals surface area (Å²) in [7, 11) is 4.37. The molecule has 5 N–H and O–H groups in total. The van der Waals surface area contributed by atoms with Crippen LogP contribution in [0.4, 0.5) is 46.5 Å². The SMILES string of the molecule is C.C.CC[C@@H]1C[C@]1(NC(=O)[C@@H]1C[C@@H](Oc2cc(-c3nc(C(C)C)cs3)nc3c(C)c(OC)ccc23)CN1C(=O)[C@@H](Nc1cc(F)cc(C(F)(F)F)c1)C(C)(C)C)C(=O)O.CC[C@@H]1C[C@]1(NC(=O)[C@@H]1C[C@@H](Oc2cc(-c3nc(C(C)C)cs3)nc3c(C)c(OC)ccc23)CN1C(=O)[C@@H](Nc1cc(F)cc(C(F)(F)F)c1)C(C)(C)C)C(=O)OC. The summed E-state index contributed by atoms with van der Waals surface area (Å²) in [5, 5.41) is 28.0. The second-order valence-corrected chi connectivity index (χ2v) is 34.4. The minimum atomic E-state index is -4.85. The molecule has 0 unspecified atom stereocenters. The van der Waals surface area contributed by atoms with Gasteiger partial charge >= 0.3 is 24.3 Å². The van der Waals surface area contributed by atoms with Gasteiger partial charge < -0.3 is 59.9 Å². The topological polar surface area (TPSA) is 275 Å². The summed E-state index contributed by atoms with van der Waals surface area (Å²) in [5.74, 6) is -4.72. The number of likely N-dealkylation sites (tertiary alicyclic amines) is 2. The number of benzene rings is 4. The highest BCUT2D eigenvalue weighted by Crippen LogP contribution is 2.50. The largest absolute Gasteiger partial charge is 0.496 e. The van der Waals surface area contributed by atoms with Crippen LogP contribution in [0.5, 0.6) is 23.0 Å². The van der Waals surface area contributed by atoms with E-state index in [1.165, 1.54) is 39.6 Å². The zero-order chi connectivity index (χ0) is 84.3. The maximum Gasteiger partial charge on any atom is 0.416 e. The van der Waals surface area contributed by atoms with E-state index in [1.54, 1.807) is 86.1 Å². The molecule has 32 heteroatoms. The zero-order valence-electron chi connectivity index (χ0n) is 67.0. The average molecular weight is 1670 g/mol. The van der Waals surface area contributed by atoms with Crippen molar-refractivity contribution in [1.82, 2.24) is 40.4 Å². The van der Waals surface area contributed by atoms with Gasteiger partial charge in [-0.05, 0) is 122 Å². The summed E-state index contributed by atoms with van der Waals surface area (Å²) >= 11 is 2.88. The molecule has 2 aliphatic carbocycles. The van der Waals surface area contributed by atoms with Gasteiger partial charge in [0.25, 0.3) is 0 Å². The number of ether oxygens (including phenoxy) is 5. The van der Waals surface area contributed by atoms with Gasteiger partial charge in [0.1, 0.15) is 103 Å². The van der Waals surface area contributed by atoms with Gasteiger partial charge in [-0.15, -0.1) is 22.7 Å². The third-order valence-corrected chi connectivity index (χ3v) is 23.6. The van der Waals surface area contributed by atoms with E-state index in [2.05, 4.69) is 21.3 Å². The van der Waals surface area contributed by atoms with E-state index in [4.69, 9.17) is 43.6 Å². The molecule has 4 aromatic heterocycles. The van der Waals surface area contributed by atoms with Gasteiger partial charge in [-0.2, -0.15) is 26.3 Å². The fraction of sp³-hybridized carbons (Fsp3) is 0.506. The Morgan fingerprint density at radius 1 is 0.556 bits per heavy atom. The Bertz CT molecular complexity index is 5040. The highest BCUT2D eigenvalue weighted by Gasteiger charge is 2.63. The molecule has 0 spiro atoms. The number of halogens is 8. The lowest BCUT2D eigenvalue weighted by Gasteiger charge is -2.36. The van der Waals surface area contributed by atoms with Crippen molar-refractivity contribution in [2.45, 2.75) is 222 Å². The number of carboxylic acid groups (broad SMARTS) is 1. The number of hydrogen-bond acceptors (Lipinski definition) is 19. The molecule has 0 bridgehead atoms. The van der Waals surface area contributed by atoms with Crippen LogP contribution in [-0.2, 0) is 45.9 Å². The molecule has 2 aliphatic heterocycles. The molecule has 2 saturated heterocycles. The number of aromatic nitrogens is 4. The summed E-state index contributed by atoms with van der Waals surface area (Å²) in [6, 6.07) is 9.84. The molecular formula is C85H104F8N10O12S2. The fourth-order valence-electron chi connectivity index (χ4n) is 15.1. The molecule has 0 radical (unpaired) electrons. The van der Waals surface area contributed by atoms with Gasteiger partial charge in [-0.3, -0.25) is 19.2 Å². The number of carboxylic acids is 1. The Hall–Kier alpha value is -9.98. The maximum atomic E-state index is 14.8. The first-order valence-electron chi connectivity index (χ1n) is 37.9. The zero-order valence-corrected chi connectivity index (χ0v) is 68.6. The van der Waals surface area contributed by atoms with Crippen molar-refractivity contribution >= 4 is 91.4 Å².